The van der Waals surface area contributed by atoms with Crippen molar-refractivity contribution in [2.24, 2.45) is 5.10 Å². The van der Waals surface area contributed by atoms with Crippen LogP contribution in [0.25, 0.3) is 5.69 Å². The molecule has 0 radical (unpaired) electrons. The first-order chi connectivity index (χ1) is 12.9. The molecule has 138 valence electrons. The highest BCUT2D eigenvalue weighted by Crippen LogP contribution is 2.29. The van der Waals surface area contributed by atoms with E-state index in [0.717, 1.165) is 16.8 Å². The standard InChI is InChI=1S/C18H12ClF3N4O/c19-16-15(11-24-26(17(16)27)14-7-2-1-3-8-14)25-23-10-12-5-4-6-13(9-12)18(20,21)22/h1-11,25H/b23-10-. The second kappa shape index (κ2) is 7.63. The topological polar surface area (TPSA) is 59.3 Å². The van der Waals surface area contributed by atoms with Crippen LogP contribution in [0.5, 0.6) is 0 Å². The molecular weight excluding hydrogens is 381 g/mol. The molecule has 0 aliphatic rings. The first kappa shape index (κ1) is 18.7. The Morgan fingerprint density at radius 2 is 1.85 bits per heavy atom. The van der Waals surface area contributed by atoms with Crippen molar-refractivity contribution in [1.29, 1.82) is 0 Å². The fraction of sp³-hybridized carbons (Fsp3) is 0.0556. The molecule has 0 bridgehead atoms. The zero-order valence-electron chi connectivity index (χ0n) is 13.6. The monoisotopic (exact) mass is 392 g/mol. The number of rotatable bonds is 4. The Hall–Kier alpha value is -3.13. The lowest BCUT2D eigenvalue weighted by Gasteiger charge is -2.08. The van der Waals surface area contributed by atoms with Crippen LogP contribution >= 0.6 is 11.6 Å². The fourth-order valence-electron chi connectivity index (χ4n) is 2.24. The molecule has 27 heavy (non-hydrogen) atoms. The van der Waals surface area contributed by atoms with Gasteiger partial charge in [0, 0.05) is 0 Å². The van der Waals surface area contributed by atoms with E-state index in [1.54, 1.807) is 30.3 Å². The molecule has 1 heterocycles. The van der Waals surface area contributed by atoms with Gasteiger partial charge >= 0.3 is 6.18 Å². The molecule has 0 spiro atoms. The second-order valence-corrected chi connectivity index (χ2v) is 5.80. The SMILES string of the molecule is O=c1c(Cl)c(N/N=C\c2cccc(C(F)(F)F)c2)cnn1-c1ccccc1. The van der Waals surface area contributed by atoms with Gasteiger partial charge in [-0.25, -0.2) is 0 Å². The molecule has 0 saturated heterocycles. The molecule has 2 aromatic carbocycles. The number of hydrogen-bond acceptors (Lipinski definition) is 4. The van der Waals surface area contributed by atoms with E-state index in [2.05, 4.69) is 15.6 Å². The summed E-state index contributed by atoms with van der Waals surface area (Å²) in [5.74, 6) is 0. The van der Waals surface area contributed by atoms with Crippen LogP contribution in [-0.2, 0) is 6.18 Å². The highest BCUT2D eigenvalue weighted by Gasteiger charge is 2.30. The van der Waals surface area contributed by atoms with Gasteiger partial charge in [-0.2, -0.15) is 28.1 Å². The number of nitrogens with one attached hydrogen (secondary N) is 1. The maximum absolute atomic E-state index is 12.7. The first-order valence-corrected chi connectivity index (χ1v) is 8.03. The number of alkyl halides is 3. The number of anilines is 1. The van der Waals surface area contributed by atoms with E-state index in [1.807, 2.05) is 0 Å². The summed E-state index contributed by atoms with van der Waals surface area (Å²) >= 11 is 6.06. The van der Waals surface area contributed by atoms with Gasteiger partial charge in [0.1, 0.15) is 10.7 Å². The fourth-order valence-corrected chi connectivity index (χ4v) is 2.41. The summed E-state index contributed by atoms with van der Waals surface area (Å²) in [7, 11) is 0. The van der Waals surface area contributed by atoms with Crippen LogP contribution in [-0.4, -0.2) is 16.0 Å². The van der Waals surface area contributed by atoms with Crippen LogP contribution in [0.15, 0.2) is 70.7 Å². The van der Waals surface area contributed by atoms with Gasteiger partial charge in [-0.1, -0.05) is 41.9 Å². The molecule has 0 amide bonds. The summed E-state index contributed by atoms with van der Waals surface area (Å²) in [4.78, 5) is 12.3. The number of benzene rings is 2. The van der Waals surface area contributed by atoms with Crippen LogP contribution in [0, 0.1) is 0 Å². The van der Waals surface area contributed by atoms with Crippen LogP contribution in [0.4, 0.5) is 18.9 Å². The predicted octanol–water partition coefficient (Wildman–Crippen LogP) is 4.35. The van der Waals surface area contributed by atoms with Gasteiger partial charge in [-0.05, 0) is 29.8 Å². The molecule has 0 fully saturated rings. The van der Waals surface area contributed by atoms with Crippen LogP contribution in [0.3, 0.4) is 0 Å². The van der Waals surface area contributed by atoms with Gasteiger partial charge in [-0.3, -0.25) is 10.2 Å². The van der Waals surface area contributed by atoms with Crippen LogP contribution in [0.1, 0.15) is 11.1 Å². The van der Waals surface area contributed by atoms with Gasteiger partial charge in [0.2, 0.25) is 0 Å². The van der Waals surface area contributed by atoms with Crippen molar-refractivity contribution in [3.05, 3.63) is 87.3 Å². The van der Waals surface area contributed by atoms with E-state index in [-0.39, 0.29) is 16.3 Å². The number of hydrazone groups is 1. The molecule has 1 N–H and O–H groups in total. The van der Waals surface area contributed by atoms with E-state index in [4.69, 9.17) is 11.6 Å². The Morgan fingerprint density at radius 1 is 1.11 bits per heavy atom. The van der Waals surface area contributed by atoms with E-state index >= 15 is 0 Å². The van der Waals surface area contributed by atoms with Crippen molar-refractivity contribution >= 4 is 23.5 Å². The van der Waals surface area contributed by atoms with Crippen LogP contribution < -0.4 is 11.0 Å². The Balaban J connectivity index is 1.80. The van der Waals surface area contributed by atoms with Crippen molar-refractivity contribution in [3.63, 3.8) is 0 Å². The molecule has 0 unspecified atom stereocenters. The molecule has 0 aliphatic heterocycles. The Morgan fingerprint density at radius 3 is 2.56 bits per heavy atom. The van der Waals surface area contributed by atoms with Gasteiger partial charge < -0.3 is 0 Å². The van der Waals surface area contributed by atoms with Crippen molar-refractivity contribution in [2.45, 2.75) is 6.18 Å². The molecule has 0 aliphatic carbocycles. The Bertz CT molecular complexity index is 1030. The third-order valence-corrected chi connectivity index (χ3v) is 3.90. The van der Waals surface area contributed by atoms with Crippen molar-refractivity contribution in [3.8, 4) is 5.69 Å². The minimum atomic E-state index is -4.44. The number of nitrogens with zero attached hydrogens (tertiary/aromatic N) is 3. The summed E-state index contributed by atoms with van der Waals surface area (Å²) in [5.41, 5.74) is 2.10. The predicted molar refractivity (Wildman–Crippen MR) is 97.5 cm³/mol. The molecule has 0 atom stereocenters. The molecular formula is C18H12ClF3N4O. The summed E-state index contributed by atoms with van der Waals surface area (Å²) in [5, 5.41) is 7.70. The van der Waals surface area contributed by atoms with Gasteiger partial charge in [0.25, 0.3) is 5.56 Å². The quantitative estimate of drug-likeness (QED) is 0.530. The Kier molecular flexibility index (Phi) is 5.27. The summed E-state index contributed by atoms with van der Waals surface area (Å²) in [6.07, 6.45) is -1.94. The molecule has 1 aromatic heterocycles. The molecule has 0 saturated carbocycles. The lowest BCUT2D eigenvalue weighted by molar-refractivity contribution is -0.137. The van der Waals surface area contributed by atoms with Crippen molar-refractivity contribution in [2.75, 3.05) is 5.43 Å². The van der Waals surface area contributed by atoms with E-state index in [0.29, 0.717) is 5.69 Å². The average Bonchev–Trinajstić information content (AvgIpc) is 2.65. The third kappa shape index (κ3) is 4.35. The minimum absolute atomic E-state index is 0.136. The van der Waals surface area contributed by atoms with Gasteiger partial charge in [0.15, 0.2) is 0 Å². The molecule has 9 heteroatoms. The largest absolute Gasteiger partial charge is 0.416 e. The zero-order valence-corrected chi connectivity index (χ0v) is 14.4. The Labute approximate surface area is 156 Å². The maximum Gasteiger partial charge on any atom is 0.416 e. The van der Waals surface area contributed by atoms with E-state index in [9.17, 15) is 18.0 Å². The number of para-hydroxylation sites is 1. The van der Waals surface area contributed by atoms with Crippen LogP contribution in [0.2, 0.25) is 5.02 Å². The number of hydrogen-bond donors (Lipinski definition) is 1. The minimum Gasteiger partial charge on any atom is -0.275 e. The molecule has 3 aromatic rings. The lowest BCUT2D eigenvalue weighted by atomic mass is 10.1. The van der Waals surface area contributed by atoms with E-state index < -0.39 is 17.3 Å². The zero-order chi connectivity index (χ0) is 19.4. The third-order valence-electron chi connectivity index (χ3n) is 3.53. The average molecular weight is 393 g/mol. The van der Waals surface area contributed by atoms with Crippen molar-refractivity contribution < 1.29 is 13.2 Å². The van der Waals surface area contributed by atoms with E-state index in [1.165, 1.54) is 24.5 Å². The number of halogens is 4. The van der Waals surface area contributed by atoms with Crippen molar-refractivity contribution in [1.82, 2.24) is 9.78 Å². The molecule has 5 nitrogen and oxygen atoms in total. The maximum atomic E-state index is 12.7. The second-order valence-electron chi connectivity index (χ2n) is 5.42. The lowest BCUT2D eigenvalue weighted by Crippen LogP contribution is -2.22. The van der Waals surface area contributed by atoms with Gasteiger partial charge in [0.05, 0.1) is 23.7 Å². The highest BCUT2D eigenvalue weighted by molar-refractivity contribution is 6.32. The molecule has 3 rings (SSSR count). The first-order valence-electron chi connectivity index (χ1n) is 7.66. The van der Waals surface area contributed by atoms with Gasteiger partial charge in [-0.15, -0.1) is 0 Å². The highest BCUT2D eigenvalue weighted by atomic mass is 35.5. The normalized spacial score (nSPS) is 11.7. The smallest absolute Gasteiger partial charge is 0.275 e. The summed E-state index contributed by atoms with van der Waals surface area (Å²) in [6, 6.07) is 13.4. The number of aromatic nitrogens is 2. The summed E-state index contributed by atoms with van der Waals surface area (Å²) < 4.78 is 39.3. The summed E-state index contributed by atoms with van der Waals surface area (Å²) in [6.45, 7) is 0.